The molecule has 2 aliphatic rings. The van der Waals surface area contributed by atoms with E-state index in [1.54, 1.807) is 36.0 Å². The van der Waals surface area contributed by atoms with E-state index in [0.717, 1.165) is 39.5 Å². The Kier molecular flexibility index (Phi) is 6.08. The van der Waals surface area contributed by atoms with Crippen molar-refractivity contribution in [1.82, 2.24) is 0 Å². The summed E-state index contributed by atoms with van der Waals surface area (Å²) in [6.07, 6.45) is 8.13. The third-order valence-corrected chi connectivity index (χ3v) is 5.99. The average molecular weight is 434 g/mol. The molecule has 1 heterocycles. The van der Waals surface area contributed by atoms with Crippen molar-refractivity contribution in [3.05, 3.63) is 106 Å². The first-order valence-corrected chi connectivity index (χ1v) is 10.3. The number of benzene rings is 2. The van der Waals surface area contributed by atoms with Gasteiger partial charge in [-0.05, 0) is 69.2 Å². The molecular formula is C24H18O6S. The first-order valence-electron chi connectivity index (χ1n) is 9.34. The van der Waals surface area contributed by atoms with E-state index < -0.39 is 5.97 Å². The molecule has 2 aromatic carbocycles. The molecule has 0 saturated carbocycles. The van der Waals surface area contributed by atoms with Crippen LogP contribution in [0, 0.1) is 0 Å². The molecule has 156 valence electrons. The predicted octanol–water partition coefficient (Wildman–Crippen LogP) is 5.49. The van der Waals surface area contributed by atoms with Crippen LogP contribution in [0.15, 0.2) is 89.6 Å². The predicted molar refractivity (Wildman–Crippen MR) is 120 cm³/mol. The Bertz CT molecular complexity index is 1140. The van der Waals surface area contributed by atoms with Crippen molar-refractivity contribution >= 4 is 35.0 Å². The van der Waals surface area contributed by atoms with E-state index in [0.29, 0.717) is 11.5 Å². The lowest BCUT2D eigenvalue weighted by molar-refractivity contribution is -0.198. The van der Waals surface area contributed by atoms with Crippen molar-refractivity contribution in [3.63, 3.8) is 0 Å². The van der Waals surface area contributed by atoms with Gasteiger partial charge in [-0.2, -0.15) is 0 Å². The van der Waals surface area contributed by atoms with Crippen LogP contribution in [0.2, 0.25) is 0 Å². The van der Waals surface area contributed by atoms with E-state index in [-0.39, 0.29) is 5.25 Å². The maximum atomic E-state index is 10.8. The maximum Gasteiger partial charge on any atom is 0.328 e. The van der Waals surface area contributed by atoms with Crippen molar-refractivity contribution < 1.29 is 30.2 Å². The number of carboxylic acids is 1. The van der Waals surface area contributed by atoms with Crippen LogP contribution in [0.5, 0.6) is 5.75 Å². The summed E-state index contributed by atoms with van der Waals surface area (Å²) in [5, 5.41) is 28.7. The van der Waals surface area contributed by atoms with Gasteiger partial charge in [0.2, 0.25) is 0 Å². The summed E-state index contributed by atoms with van der Waals surface area (Å²) in [7, 11) is 0. The number of carboxylic acid groups (broad SMARTS) is 1. The van der Waals surface area contributed by atoms with Gasteiger partial charge in [-0.3, -0.25) is 0 Å². The van der Waals surface area contributed by atoms with Crippen LogP contribution in [-0.4, -0.2) is 26.8 Å². The topological polar surface area (TPSA) is 96.2 Å². The van der Waals surface area contributed by atoms with E-state index in [1.807, 2.05) is 48.6 Å². The highest BCUT2D eigenvalue weighted by Gasteiger charge is 2.27. The number of hydrogen-bond acceptors (Lipinski definition) is 6. The summed E-state index contributed by atoms with van der Waals surface area (Å²) < 4.78 is 0. The van der Waals surface area contributed by atoms with E-state index in [1.165, 1.54) is 0 Å². The minimum atomic E-state index is -0.997. The molecule has 7 heteroatoms. The van der Waals surface area contributed by atoms with Crippen molar-refractivity contribution in [2.75, 3.05) is 0 Å². The fourth-order valence-electron chi connectivity index (χ4n) is 3.47. The number of thioether (sulfide) groups is 1. The highest BCUT2D eigenvalue weighted by Crippen LogP contribution is 2.46. The zero-order valence-corrected chi connectivity index (χ0v) is 17.0. The Morgan fingerprint density at radius 1 is 0.935 bits per heavy atom. The van der Waals surface area contributed by atoms with Crippen LogP contribution in [0.3, 0.4) is 0 Å². The molecule has 1 atom stereocenters. The standard InChI is InChI=1S/C24H18O6S/c25-23(26)12-3-15-1-4-17(5-2-15)24-20-11-10-19(30-28)13-22(20)31-14-21(24)16-6-8-18(29-27)9-7-16/h1-14,22,27-28H,(H,25,26)/b12-3+. The summed E-state index contributed by atoms with van der Waals surface area (Å²) in [4.78, 5) is 19.5. The zero-order chi connectivity index (χ0) is 21.8. The summed E-state index contributed by atoms with van der Waals surface area (Å²) in [5.41, 5.74) is 5.77. The summed E-state index contributed by atoms with van der Waals surface area (Å²) in [6.45, 7) is 0. The van der Waals surface area contributed by atoms with Gasteiger partial charge >= 0.3 is 5.97 Å². The second kappa shape index (κ2) is 9.09. The highest BCUT2D eigenvalue weighted by atomic mass is 32.2. The summed E-state index contributed by atoms with van der Waals surface area (Å²) >= 11 is 1.60. The molecule has 31 heavy (non-hydrogen) atoms. The Morgan fingerprint density at radius 3 is 2.29 bits per heavy atom. The van der Waals surface area contributed by atoms with Gasteiger partial charge in [0, 0.05) is 6.08 Å². The Morgan fingerprint density at radius 2 is 1.65 bits per heavy atom. The molecule has 0 spiro atoms. The Hall–Kier alpha value is -3.52. The van der Waals surface area contributed by atoms with Crippen molar-refractivity contribution in [2.24, 2.45) is 0 Å². The van der Waals surface area contributed by atoms with Crippen molar-refractivity contribution in [3.8, 4) is 5.75 Å². The maximum absolute atomic E-state index is 10.8. The number of hydrogen-bond donors (Lipinski definition) is 3. The largest absolute Gasteiger partial charge is 0.478 e. The lowest BCUT2D eigenvalue weighted by Crippen LogP contribution is -2.13. The van der Waals surface area contributed by atoms with Crippen LogP contribution < -0.4 is 4.89 Å². The molecule has 1 aliphatic carbocycles. The van der Waals surface area contributed by atoms with Crippen molar-refractivity contribution in [1.29, 1.82) is 0 Å². The molecule has 3 N–H and O–H groups in total. The molecule has 0 saturated heterocycles. The highest BCUT2D eigenvalue weighted by molar-refractivity contribution is 8.03. The monoisotopic (exact) mass is 434 g/mol. The van der Waals surface area contributed by atoms with Crippen LogP contribution in [0.1, 0.15) is 16.7 Å². The SMILES string of the molecule is O=C(O)/C=C/c1ccc(C2=C3C=CC(OO)=CC3SC=C2c2ccc(OO)cc2)cc1. The minimum Gasteiger partial charge on any atom is -0.478 e. The zero-order valence-electron chi connectivity index (χ0n) is 16.1. The van der Waals surface area contributed by atoms with E-state index in [4.69, 9.17) is 15.6 Å². The van der Waals surface area contributed by atoms with E-state index in [9.17, 15) is 4.79 Å². The second-order valence-corrected chi connectivity index (χ2v) is 7.84. The lowest BCUT2D eigenvalue weighted by Gasteiger charge is -2.28. The van der Waals surface area contributed by atoms with Gasteiger partial charge in [0.25, 0.3) is 0 Å². The van der Waals surface area contributed by atoms with Crippen LogP contribution >= 0.6 is 11.8 Å². The van der Waals surface area contributed by atoms with Gasteiger partial charge in [-0.1, -0.05) is 42.5 Å². The average Bonchev–Trinajstić information content (AvgIpc) is 2.82. The van der Waals surface area contributed by atoms with Gasteiger partial charge in [0.1, 0.15) is 0 Å². The Labute approximate surface area is 182 Å². The van der Waals surface area contributed by atoms with Crippen LogP contribution in [0.4, 0.5) is 0 Å². The smallest absolute Gasteiger partial charge is 0.328 e. The van der Waals surface area contributed by atoms with Gasteiger partial charge in [0.15, 0.2) is 11.5 Å². The first kappa shape index (κ1) is 20.7. The lowest BCUT2D eigenvalue weighted by atomic mass is 9.86. The quantitative estimate of drug-likeness (QED) is 0.314. The minimum absolute atomic E-state index is 0.0301. The molecular weight excluding hydrogens is 416 g/mol. The first-order chi connectivity index (χ1) is 15.1. The number of aliphatic carboxylic acids is 1. The second-order valence-electron chi connectivity index (χ2n) is 6.82. The number of carbonyl (C=O) groups is 1. The van der Waals surface area contributed by atoms with Crippen molar-refractivity contribution in [2.45, 2.75) is 5.25 Å². The van der Waals surface area contributed by atoms with Gasteiger partial charge in [-0.15, -0.1) is 11.8 Å². The molecule has 0 aromatic heterocycles. The molecule has 0 radical (unpaired) electrons. The van der Waals surface area contributed by atoms with Gasteiger partial charge in [0.05, 0.1) is 5.25 Å². The molecule has 1 aliphatic heterocycles. The van der Waals surface area contributed by atoms with E-state index in [2.05, 4.69) is 15.2 Å². The fourth-order valence-corrected chi connectivity index (χ4v) is 4.57. The molecule has 4 rings (SSSR count). The number of allylic oxidation sites excluding steroid dienone is 4. The van der Waals surface area contributed by atoms with Crippen LogP contribution in [0.25, 0.3) is 17.2 Å². The molecule has 0 fully saturated rings. The van der Waals surface area contributed by atoms with E-state index >= 15 is 0 Å². The third kappa shape index (κ3) is 4.49. The van der Waals surface area contributed by atoms with Gasteiger partial charge < -0.3 is 14.9 Å². The molecule has 6 nitrogen and oxygen atoms in total. The number of rotatable bonds is 6. The molecule has 1 unspecified atom stereocenters. The fraction of sp³-hybridized carbons (Fsp3) is 0.0417. The molecule has 0 bridgehead atoms. The molecule has 2 aromatic rings. The van der Waals surface area contributed by atoms with Gasteiger partial charge in [-0.25, -0.2) is 15.3 Å². The summed E-state index contributed by atoms with van der Waals surface area (Å²) in [5.74, 6) is -0.265. The van der Waals surface area contributed by atoms with Crippen LogP contribution in [-0.2, 0) is 9.68 Å². The molecule has 0 amide bonds. The summed E-state index contributed by atoms with van der Waals surface area (Å²) in [6, 6.07) is 14.7. The third-order valence-electron chi connectivity index (χ3n) is 4.93. The Balaban J connectivity index is 1.78. The number of fused-ring (bicyclic) bond motifs is 1. The normalized spacial score (nSPS) is 17.8.